The first-order chi connectivity index (χ1) is 7.11. The average molecular weight is 205 g/mol. The summed E-state index contributed by atoms with van der Waals surface area (Å²) in [4.78, 5) is 9.86. The van der Waals surface area contributed by atoms with E-state index in [-0.39, 0.29) is 5.92 Å². The van der Waals surface area contributed by atoms with Crippen LogP contribution in [0, 0.1) is 16.0 Å². The Morgan fingerprint density at radius 3 is 2.33 bits per heavy atom. The van der Waals surface area contributed by atoms with E-state index in [2.05, 4.69) is 13.8 Å². The molecule has 0 N–H and O–H groups in total. The summed E-state index contributed by atoms with van der Waals surface area (Å²) in [5.41, 5.74) is 1.12. The number of nitro groups is 1. The quantitative estimate of drug-likeness (QED) is 0.559. The Kier molecular flexibility index (Phi) is 4.03. The first-order valence-corrected chi connectivity index (χ1v) is 4.98. The van der Waals surface area contributed by atoms with Gasteiger partial charge in [0.05, 0.1) is 4.92 Å². The zero-order valence-electron chi connectivity index (χ0n) is 8.96. The van der Waals surface area contributed by atoms with Gasteiger partial charge in [-0.05, 0) is 17.6 Å². The van der Waals surface area contributed by atoms with Crippen molar-refractivity contribution in [1.82, 2.24) is 0 Å². The van der Waals surface area contributed by atoms with Crippen LogP contribution in [0.25, 0.3) is 0 Å². The normalized spacial score (nSPS) is 13.3. The predicted molar refractivity (Wildman–Crippen MR) is 60.2 cm³/mol. The molecule has 1 rings (SSSR count). The molecule has 0 aromatic heterocycles. The van der Waals surface area contributed by atoms with Gasteiger partial charge in [-0.15, -0.1) is 0 Å². The topological polar surface area (TPSA) is 43.1 Å². The molecule has 80 valence electrons. The van der Waals surface area contributed by atoms with Gasteiger partial charge in [0.15, 0.2) is 0 Å². The molecule has 0 aliphatic rings. The average Bonchev–Trinajstić information content (AvgIpc) is 2.18. The van der Waals surface area contributed by atoms with Crippen LogP contribution in [-0.2, 0) is 0 Å². The fourth-order valence-electron chi connectivity index (χ4n) is 1.56. The number of hydrogen-bond acceptors (Lipinski definition) is 2. The molecule has 1 aromatic carbocycles. The van der Waals surface area contributed by atoms with Gasteiger partial charge in [-0.2, -0.15) is 0 Å². The highest BCUT2D eigenvalue weighted by Gasteiger charge is 2.13. The molecule has 0 aliphatic heterocycles. The van der Waals surface area contributed by atoms with Crippen LogP contribution in [0.5, 0.6) is 0 Å². The maximum Gasteiger partial charge on any atom is 0.231 e. The second-order valence-corrected chi connectivity index (χ2v) is 3.81. The Hall–Kier alpha value is -1.64. The van der Waals surface area contributed by atoms with Gasteiger partial charge in [-0.1, -0.05) is 44.2 Å². The monoisotopic (exact) mass is 205 g/mol. The Balaban J connectivity index is 2.89. The van der Waals surface area contributed by atoms with Crippen LogP contribution in [0.2, 0.25) is 0 Å². The lowest BCUT2D eigenvalue weighted by molar-refractivity contribution is -0.402. The predicted octanol–water partition coefficient (Wildman–Crippen LogP) is 3.22. The Bertz CT molecular complexity index is 344. The molecule has 0 saturated carbocycles. The minimum Gasteiger partial charge on any atom is -0.259 e. The van der Waals surface area contributed by atoms with Crippen molar-refractivity contribution in [2.75, 3.05) is 0 Å². The van der Waals surface area contributed by atoms with Crippen molar-refractivity contribution in [3.05, 3.63) is 58.3 Å². The standard InChI is InChI=1S/C12H15NO2/c1-10(2)12(8-9-13(14)15)11-6-4-3-5-7-11/h3-10,12H,1-2H3/b9-8+. The molecule has 3 heteroatoms. The lowest BCUT2D eigenvalue weighted by Crippen LogP contribution is -2.04. The maximum absolute atomic E-state index is 10.3. The van der Waals surface area contributed by atoms with Crippen molar-refractivity contribution in [2.45, 2.75) is 19.8 Å². The highest BCUT2D eigenvalue weighted by Crippen LogP contribution is 2.25. The molecule has 0 fully saturated rings. The molecule has 0 spiro atoms. The highest BCUT2D eigenvalue weighted by atomic mass is 16.6. The van der Waals surface area contributed by atoms with Crippen molar-refractivity contribution in [3.63, 3.8) is 0 Å². The van der Waals surface area contributed by atoms with Crippen LogP contribution in [-0.4, -0.2) is 4.92 Å². The van der Waals surface area contributed by atoms with E-state index in [1.807, 2.05) is 30.3 Å². The van der Waals surface area contributed by atoms with E-state index >= 15 is 0 Å². The summed E-state index contributed by atoms with van der Waals surface area (Å²) >= 11 is 0. The van der Waals surface area contributed by atoms with Gasteiger partial charge < -0.3 is 0 Å². The fraction of sp³-hybridized carbons (Fsp3) is 0.333. The molecule has 1 unspecified atom stereocenters. The molecule has 3 nitrogen and oxygen atoms in total. The summed E-state index contributed by atoms with van der Waals surface area (Å²) < 4.78 is 0. The zero-order chi connectivity index (χ0) is 11.3. The van der Waals surface area contributed by atoms with Gasteiger partial charge in [0.25, 0.3) is 0 Å². The molecule has 1 aromatic rings. The van der Waals surface area contributed by atoms with E-state index in [1.165, 1.54) is 0 Å². The van der Waals surface area contributed by atoms with Crippen molar-refractivity contribution in [3.8, 4) is 0 Å². The number of hydrogen-bond donors (Lipinski definition) is 0. The Morgan fingerprint density at radius 1 is 1.27 bits per heavy atom. The van der Waals surface area contributed by atoms with E-state index in [9.17, 15) is 10.1 Å². The first-order valence-electron chi connectivity index (χ1n) is 4.98. The second kappa shape index (κ2) is 5.29. The summed E-state index contributed by atoms with van der Waals surface area (Å²) in [5.74, 6) is 0.459. The first kappa shape index (κ1) is 11.4. The van der Waals surface area contributed by atoms with Crippen LogP contribution in [0.1, 0.15) is 25.3 Å². The summed E-state index contributed by atoms with van der Waals surface area (Å²) in [6, 6.07) is 9.83. The molecule has 0 heterocycles. The Morgan fingerprint density at radius 2 is 1.87 bits per heavy atom. The van der Waals surface area contributed by atoms with Crippen molar-refractivity contribution >= 4 is 0 Å². The fourth-order valence-corrected chi connectivity index (χ4v) is 1.56. The molecule has 0 amide bonds. The molecule has 0 bridgehead atoms. The van der Waals surface area contributed by atoms with Gasteiger partial charge in [-0.25, -0.2) is 0 Å². The molecule has 15 heavy (non-hydrogen) atoms. The minimum absolute atomic E-state index is 0.108. The van der Waals surface area contributed by atoms with Crippen LogP contribution in [0.3, 0.4) is 0 Å². The zero-order valence-corrected chi connectivity index (χ0v) is 8.96. The van der Waals surface area contributed by atoms with Crippen LogP contribution in [0.15, 0.2) is 42.6 Å². The molecule has 0 aliphatic carbocycles. The third kappa shape index (κ3) is 3.54. The second-order valence-electron chi connectivity index (χ2n) is 3.81. The van der Waals surface area contributed by atoms with Crippen LogP contribution in [0.4, 0.5) is 0 Å². The van der Waals surface area contributed by atoms with E-state index in [1.54, 1.807) is 6.08 Å². The molecule has 0 saturated heterocycles. The van der Waals surface area contributed by atoms with Gasteiger partial charge in [0, 0.05) is 5.92 Å². The van der Waals surface area contributed by atoms with Gasteiger partial charge in [0.2, 0.25) is 6.20 Å². The molecular weight excluding hydrogens is 190 g/mol. The molecular formula is C12H15NO2. The highest BCUT2D eigenvalue weighted by molar-refractivity contribution is 5.23. The van der Waals surface area contributed by atoms with E-state index < -0.39 is 4.92 Å². The largest absolute Gasteiger partial charge is 0.259 e. The lowest BCUT2D eigenvalue weighted by atomic mass is 9.88. The molecule has 0 radical (unpaired) electrons. The van der Waals surface area contributed by atoms with Crippen molar-refractivity contribution < 1.29 is 4.92 Å². The third-order valence-electron chi connectivity index (χ3n) is 2.32. The van der Waals surface area contributed by atoms with Gasteiger partial charge in [-0.3, -0.25) is 10.1 Å². The van der Waals surface area contributed by atoms with Crippen LogP contribution < -0.4 is 0 Å². The van der Waals surface area contributed by atoms with E-state index in [0.717, 1.165) is 11.8 Å². The summed E-state index contributed by atoms with van der Waals surface area (Å²) in [6.07, 6.45) is 2.68. The maximum atomic E-state index is 10.3. The van der Waals surface area contributed by atoms with Crippen molar-refractivity contribution in [2.24, 2.45) is 5.92 Å². The number of nitrogens with zero attached hydrogens (tertiary/aromatic N) is 1. The lowest BCUT2D eigenvalue weighted by Gasteiger charge is -2.15. The van der Waals surface area contributed by atoms with Gasteiger partial charge in [0.1, 0.15) is 0 Å². The van der Waals surface area contributed by atoms with Crippen LogP contribution >= 0.6 is 0 Å². The summed E-state index contributed by atoms with van der Waals surface area (Å²) in [5, 5.41) is 10.3. The van der Waals surface area contributed by atoms with E-state index in [4.69, 9.17) is 0 Å². The smallest absolute Gasteiger partial charge is 0.231 e. The van der Waals surface area contributed by atoms with E-state index in [0.29, 0.717) is 5.92 Å². The number of rotatable bonds is 4. The third-order valence-corrected chi connectivity index (χ3v) is 2.32. The summed E-state index contributed by atoms with van der Waals surface area (Å²) in [6.45, 7) is 4.11. The number of allylic oxidation sites excluding steroid dienone is 1. The summed E-state index contributed by atoms with van der Waals surface area (Å²) in [7, 11) is 0. The van der Waals surface area contributed by atoms with Gasteiger partial charge >= 0.3 is 0 Å². The SMILES string of the molecule is CC(C)C(/C=C/[N+](=O)[O-])c1ccccc1. The Labute approximate surface area is 89.6 Å². The number of benzene rings is 1. The molecule has 1 atom stereocenters. The van der Waals surface area contributed by atoms with Crippen molar-refractivity contribution in [1.29, 1.82) is 0 Å². The minimum atomic E-state index is -0.418.